The lowest BCUT2D eigenvalue weighted by atomic mass is 9.96. The SMILES string of the molecule is Cc1cc2sc(=NC(=O)c3ccc(S(=O)(=O)N(C)C4CCCCC4)cc3)n(C)c2cc1C. The Kier molecular flexibility index (Phi) is 6.38. The third kappa shape index (κ3) is 4.31. The van der Waals surface area contributed by atoms with Crippen LogP contribution in [-0.2, 0) is 17.1 Å². The van der Waals surface area contributed by atoms with Crippen molar-refractivity contribution in [3.05, 3.63) is 57.9 Å². The maximum Gasteiger partial charge on any atom is 0.279 e. The van der Waals surface area contributed by atoms with E-state index in [9.17, 15) is 13.2 Å². The second kappa shape index (κ2) is 8.92. The Bertz CT molecular complexity index is 1330. The molecule has 6 nitrogen and oxygen atoms in total. The third-order valence-electron chi connectivity index (χ3n) is 6.49. The number of rotatable bonds is 4. The molecule has 1 heterocycles. The molecule has 8 heteroatoms. The lowest BCUT2D eigenvalue weighted by molar-refractivity contribution is 0.0998. The van der Waals surface area contributed by atoms with Crippen LogP contribution in [0.5, 0.6) is 0 Å². The standard InChI is InChI=1S/C24H29N3O3S2/c1-16-14-21-22(15-17(16)2)31-24(26(21)3)25-23(28)18-10-12-20(13-11-18)32(29,30)27(4)19-8-6-5-7-9-19/h10-15,19H,5-9H2,1-4H3. The first-order valence-electron chi connectivity index (χ1n) is 10.9. The number of aryl methyl sites for hydroxylation is 3. The Morgan fingerprint density at radius 3 is 2.34 bits per heavy atom. The molecule has 3 aromatic rings. The van der Waals surface area contributed by atoms with Crippen LogP contribution in [0.3, 0.4) is 0 Å². The van der Waals surface area contributed by atoms with Crippen LogP contribution >= 0.6 is 11.3 Å². The van der Waals surface area contributed by atoms with Gasteiger partial charge >= 0.3 is 0 Å². The van der Waals surface area contributed by atoms with Crippen molar-refractivity contribution in [1.29, 1.82) is 0 Å². The number of amides is 1. The maximum atomic E-state index is 13.0. The first-order valence-corrected chi connectivity index (χ1v) is 13.2. The summed E-state index contributed by atoms with van der Waals surface area (Å²) in [6, 6.07) is 10.4. The number of carbonyl (C=O) groups is 1. The lowest BCUT2D eigenvalue weighted by Crippen LogP contribution is -2.38. The molecule has 1 aromatic heterocycles. The van der Waals surface area contributed by atoms with Crippen molar-refractivity contribution < 1.29 is 13.2 Å². The fourth-order valence-electron chi connectivity index (χ4n) is 4.21. The Morgan fingerprint density at radius 2 is 1.69 bits per heavy atom. The largest absolute Gasteiger partial charge is 0.319 e. The molecular formula is C24H29N3O3S2. The molecule has 0 atom stereocenters. The van der Waals surface area contributed by atoms with Gasteiger partial charge in [-0.3, -0.25) is 4.79 Å². The van der Waals surface area contributed by atoms with Gasteiger partial charge in [0, 0.05) is 25.7 Å². The van der Waals surface area contributed by atoms with E-state index in [1.807, 2.05) is 11.6 Å². The summed E-state index contributed by atoms with van der Waals surface area (Å²) in [6.07, 6.45) is 5.09. The molecule has 1 amide bonds. The van der Waals surface area contributed by atoms with E-state index in [-0.39, 0.29) is 16.8 Å². The molecule has 0 bridgehead atoms. The van der Waals surface area contributed by atoms with Crippen LogP contribution in [0.2, 0.25) is 0 Å². The quantitative estimate of drug-likeness (QED) is 0.560. The van der Waals surface area contributed by atoms with Gasteiger partial charge in [-0.25, -0.2) is 8.42 Å². The maximum absolute atomic E-state index is 13.0. The van der Waals surface area contributed by atoms with Gasteiger partial charge in [0.2, 0.25) is 10.0 Å². The van der Waals surface area contributed by atoms with Gasteiger partial charge in [0.05, 0.1) is 15.1 Å². The van der Waals surface area contributed by atoms with Crippen molar-refractivity contribution in [2.45, 2.75) is 56.9 Å². The van der Waals surface area contributed by atoms with Crippen molar-refractivity contribution >= 4 is 37.5 Å². The van der Waals surface area contributed by atoms with Gasteiger partial charge in [0.25, 0.3) is 5.91 Å². The van der Waals surface area contributed by atoms with Crippen molar-refractivity contribution in [3.63, 3.8) is 0 Å². The molecule has 170 valence electrons. The number of aromatic nitrogens is 1. The van der Waals surface area contributed by atoms with Gasteiger partial charge in [0.15, 0.2) is 4.80 Å². The van der Waals surface area contributed by atoms with Crippen LogP contribution in [0.1, 0.15) is 53.6 Å². The van der Waals surface area contributed by atoms with Crippen LogP contribution < -0.4 is 4.80 Å². The number of hydrogen-bond donors (Lipinski definition) is 0. The highest BCUT2D eigenvalue weighted by molar-refractivity contribution is 7.89. The van der Waals surface area contributed by atoms with E-state index in [4.69, 9.17) is 0 Å². The Balaban J connectivity index is 1.60. The summed E-state index contributed by atoms with van der Waals surface area (Å²) in [5, 5.41) is 0. The minimum Gasteiger partial charge on any atom is -0.319 e. The Hall–Kier alpha value is -2.29. The first-order chi connectivity index (χ1) is 15.2. The van der Waals surface area contributed by atoms with Crippen molar-refractivity contribution in [2.75, 3.05) is 7.05 Å². The molecule has 1 aliphatic carbocycles. The molecule has 1 saturated carbocycles. The predicted octanol–water partition coefficient (Wildman–Crippen LogP) is 4.55. The Morgan fingerprint density at radius 1 is 1.06 bits per heavy atom. The number of hydrogen-bond acceptors (Lipinski definition) is 4. The molecule has 0 aliphatic heterocycles. The summed E-state index contributed by atoms with van der Waals surface area (Å²) in [4.78, 5) is 17.9. The number of sulfonamides is 1. The monoisotopic (exact) mass is 471 g/mol. The Labute approximate surface area is 193 Å². The average Bonchev–Trinajstić information content (AvgIpc) is 3.08. The van der Waals surface area contributed by atoms with Gasteiger partial charge < -0.3 is 4.57 Å². The fourth-order valence-corrected chi connectivity index (χ4v) is 6.73. The van der Waals surface area contributed by atoms with Gasteiger partial charge in [0.1, 0.15) is 0 Å². The van der Waals surface area contributed by atoms with E-state index in [1.54, 1.807) is 19.2 Å². The molecule has 4 rings (SSSR count). The summed E-state index contributed by atoms with van der Waals surface area (Å²) < 4.78 is 30.5. The van der Waals surface area contributed by atoms with Gasteiger partial charge in [-0.2, -0.15) is 9.30 Å². The highest BCUT2D eigenvalue weighted by Gasteiger charge is 2.29. The summed E-state index contributed by atoms with van der Waals surface area (Å²) in [7, 11) is -0.0262. The minimum absolute atomic E-state index is 0.0466. The number of benzene rings is 2. The molecule has 1 aliphatic rings. The highest BCUT2D eigenvalue weighted by Crippen LogP contribution is 2.27. The van der Waals surface area contributed by atoms with E-state index in [0.29, 0.717) is 10.4 Å². The summed E-state index contributed by atoms with van der Waals surface area (Å²) >= 11 is 1.47. The number of fused-ring (bicyclic) bond motifs is 1. The summed E-state index contributed by atoms with van der Waals surface area (Å²) in [5.41, 5.74) is 3.80. The van der Waals surface area contributed by atoms with Gasteiger partial charge in [-0.05, 0) is 74.2 Å². The van der Waals surface area contributed by atoms with E-state index in [1.165, 1.54) is 45.3 Å². The van der Waals surface area contributed by atoms with Crippen molar-refractivity contribution in [3.8, 4) is 0 Å². The van der Waals surface area contributed by atoms with E-state index >= 15 is 0 Å². The molecule has 0 saturated heterocycles. The zero-order chi connectivity index (χ0) is 23.0. The van der Waals surface area contributed by atoms with Crippen molar-refractivity contribution in [2.24, 2.45) is 12.0 Å². The topological polar surface area (TPSA) is 71.7 Å². The number of nitrogens with zero attached hydrogens (tertiary/aromatic N) is 3. The molecule has 1 fully saturated rings. The highest BCUT2D eigenvalue weighted by atomic mass is 32.2. The molecule has 0 spiro atoms. The number of carbonyl (C=O) groups excluding carboxylic acids is 1. The predicted molar refractivity (Wildman–Crippen MR) is 128 cm³/mol. The van der Waals surface area contributed by atoms with Crippen molar-refractivity contribution in [1.82, 2.24) is 8.87 Å². The van der Waals surface area contributed by atoms with Crippen LogP contribution in [-0.4, -0.2) is 36.3 Å². The second-order valence-corrected chi connectivity index (χ2v) is 11.6. The smallest absolute Gasteiger partial charge is 0.279 e. The molecule has 0 radical (unpaired) electrons. The lowest BCUT2D eigenvalue weighted by Gasteiger charge is -2.30. The molecule has 0 unspecified atom stereocenters. The summed E-state index contributed by atoms with van der Waals surface area (Å²) in [5.74, 6) is -0.384. The molecular weight excluding hydrogens is 442 g/mol. The number of thiazole rings is 1. The fraction of sp³-hybridized carbons (Fsp3) is 0.417. The van der Waals surface area contributed by atoms with E-state index in [0.717, 1.165) is 35.9 Å². The molecule has 2 aromatic carbocycles. The third-order valence-corrected chi connectivity index (χ3v) is 9.51. The minimum atomic E-state index is -3.58. The first kappa shape index (κ1) is 22.9. The van der Waals surface area contributed by atoms with Gasteiger partial charge in [-0.15, -0.1) is 0 Å². The van der Waals surface area contributed by atoms with Crippen LogP contribution in [0.4, 0.5) is 0 Å². The zero-order valence-electron chi connectivity index (χ0n) is 19.0. The molecule has 32 heavy (non-hydrogen) atoms. The second-order valence-electron chi connectivity index (χ2n) is 8.60. The summed E-state index contributed by atoms with van der Waals surface area (Å²) in [6.45, 7) is 4.13. The molecule has 0 N–H and O–H groups in total. The van der Waals surface area contributed by atoms with E-state index in [2.05, 4.69) is 31.0 Å². The van der Waals surface area contributed by atoms with Crippen LogP contribution in [0.15, 0.2) is 46.3 Å². The van der Waals surface area contributed by atoms with Gasteiger partial charge in [-0.1, -0.05) is 30.6 Å². The normalized spacial score (nSPS) is 16.2. The zero-order valence-corrected chi connectivity index (χ0v) is 20.6. The van der Waals surface area contributed by atoms with Crippen LogP contribution in [0.25, 0.3) is 10.2 Å². The van der Waals surface area contributed by atoms with Crippen LogP contribution in [0, 0.1) is 13.8 Å². The van der Waals surface area contributed by atoms with E-state index < -0.39 is 10.0 Å². The average molecular weight is 472 g/mol.